The first kappa shape index (κ1) is 26.4. The van der Waals surface area contributed by atoms with Gasteiger partial charge in [-0.05, 0) is 47.8 Å². The summed E-state index contributed by atoms with van der Waals surface area (Å²) in [6.45, 7) is 9.88. The lowest BCUT2D eigenvalue weighted by Gasteiger charge is -2.35. The number of halogens is 3. The Morgan fingerprint density at radius 1 is 1.11 bits per heavy atom. The lowest BCUT2D eigenvalue weighted by Crippen LogP contribution is -2.66. The summed E-state index contributed by atoms with van der Waals surface area (Å²) in [6.07, 6.45) is -4.34. The molecule has 1 fully saturated rings. The Morgan fingerprint density at radius 3 is 2.28 bits per heavy atom. The van der Waals surface area contributed by atoms with Gasteiger partial charge in [0.1, 0.15) is 0 Å². The first-order chi connectivity index (χ1) is 16.6. The zero-order valence-corrected chi connectivity index (χ0v) is 21.3. The van der Waals surface area contributed by atoms with E-state index in [1.165, 1.54) is 12.1 Å². The molecule has 3 aliphatic rings. The first-order valence-corrected chi connectivity index (χ1v) is 12.3. The molecule has 6 nitrogen and oxygen atoms in total. The van der Waals surface area contributed by atoms with E-state index >= 15 is 0 Å². The molecule has 2 amide bonds. The lowest BCUT2D eigenvalue weighted by molar-refractivity contribution is -0.191. The number of ketones is 1. The third kappa shape index (κ3) is 4.46. The standard InChI is InChI=1S/C27H33F3N2O4/c1-24(2,3)17-10-8-16(9-11-17)22(34)31-26(27(28,29)30)21-19(13-25(4,5)14-20(21)33)32(23(26)35)15-18-7-6-12-36-18/h8-11,18H,6-7,12-15H2,1-5H3,(H,31,34). The average Bonchev–Trinajstić information content (AvgIpc) is 3.33. The van der Waals surface area contributed by atoms with E-state index in [-0.39, 0.29) is 36.1 Å². The second kappa shape index (κ2) is 8.71. The minimum Gasteiger partial charge on any atom is -0.376 e. The van der Waals surface area contributed by atoms with E-state index in [9.17, 15) is 27.6 Å². The number of allylic oxidation sites excluding steroid dienone is 1. The molecule has 0 radical (unpaired) electrons. The van der Waals surface area contributed by atoms with Crippen molar-refractivity contribution in [3.63, 3.8) is 0 Å². The van der Waals surface area contributed by atoms with Gasteiger partial charge in [0.15, 0.2) is 5.78 Å². The summed E-state index contributed by atoms with van der Waals surface area (Å²) in [7, 11) is 0. The fraction of sp³-hybridized carbons (Fsp3) is 0.593. The molecule has 1 aliphatic carbocycles. The summed E-state index contributed by atoms with van der Waals surface area (Å²) in [5, 5.41) is 1.99. The van der Waals surface area contributed by atoms with Crippen molar-refractivity contribution in [3.8, 4) is 0 Å². The predicted octanol–water partition coefficient (Wildman–Crippen LogP) is 4.68. The zero-order chi connectivity index (χ0) is 26.7. The van der Waals surface area contributed by atoms with E-state index in [2.05, 4.69) is 0 Å². The van der Waals surface area contributed by atoms with Gasteiger partial charge >= 0.3 is 6.18 Å². The van der Waals surface area contributed by atoms with Gasteiger partial charge in [0.05, 0.1) is 18.2 Å². The van der Waals surface area contributed by atoms with Gasteiger partial charge in [-0.3, -0.25) is 14.4 Å². The van der Waals surface area contributed by atoms with Crippen LogP contribution in [0, 0.1) is 5.41 Å². The number of nitrogens with zero attached hydrogens (tertiary/aromatic N) is 1. The number of hydrogen-bond donors (Lipinski definition) is 1. The van der Waals surface area contributed by atoms with Crippen LogP contribution in [0.3, 0.4) is 0 Å². The van der Waals surface area contributed by atoms with Gasteiger partial charge in [-0.25, -0.2) is 0 Å². The largest absolute Gasteiger partial charge is 0.425 e. The van der Waals surface area contributed by atoms with Crippen molar-refractivity contribution in [1.29, 1.82) is 0 Å². The maximum absolute atomic E-state index is 14.9. The second-order valence-corrected chi connectivity index (χ2v) is 11.8. The third-order valence-corrected chi connectivity index (χ3v) is 7.27. The van der Waals surface area contributed by atoms with Crippen LogP contribution in [0.2, 0.25) is 0 Å². The van der Waals surface area contributed by atoms with Crippen molar-refractivity contribution in [1.82, 2.24) is 10.2 Å². The van der Waals surface area contributed by atoms with E-state index in [4.69, 9.17) is 4.74 Å². The van der Waals surface area contributed by atoms with E-state index in [1.54, 1.807) is 26.0 Å². The summed E-state index contributed by atoms with van der Waals surface area (Å²) in [5.41, 5.74) is -4.02. The molecule has 2 unspecified atom stereocenters. The van der Waals surface area contributed by atoms with Crippen molar-refractivity contribution in [2.75, 3.05) is 13.2 Å². The van der Waals surface area contributed by atoms with Crippen molar-refractivity contribution in [2.24, 2.45) is 5.41 Å². The Morgan fingerprint density at radius 2 is 1.75 bits per heavy atom. The van der Waals surface area contributed by atoms with Gasteiger partial charge in [0.25, 0.3) is 11.8 Å². The van der Waals surface area contributed by atoms with Gasteiger partial charge in [-0.1, -0.05) is 46.8 Å². The molecule has 2 aliphatic heterocycles. The molecule has 1 N–H and O–H groups in total. The minimum absolute atomic E-state index is 0.0252. The highest BCUT2D eigenvalue weighted by Gasteiger charge is 2.71. The quantitative estimate of drug-likeness (QED) is 0.644. The first-order valence-electron chi connectivity index (χ1n) is 12.3. The fourth-order valence-corrected chi connectivity index (χ4v) is 5.38. The Labute approximate surface area is 209 Å². The highest BCUT2D eigenvalue weighted by Crippen LogP contribution is 2.52. The molecule has 36 heavy (non-hydrogen) atoms. The van der Waals surface area contributed by atoms with Gasteiger partial charge in [-0.2, -0.15) is 13.2 Å². The van der Waals surface area contributed by atoms with Gasteiger partial charge < -0.3 is 15.0 Å². The van der Waals surface area contributed by atoms with E-state index in [0.29, 0.717) is 13.0 Å². The normalized spacial score (nSPS) is 26.4. The predicted molar refractivity (Wildman–Crippen MR) is 127 cm³/mol. The SMILES string of the molecule is CC1(C)CC(=O)C2=C(C1)N(CC1CCCO1)C(=O)C2(NC(=O)c1ccc(C(C)(C)C)cc1)C(F)(F)F. The molecule has 0 spiro atoms. The molecule has 0 bridgehead atoms. The highest BCUT2D eigenvalue weighted by molar-refractivity contribution is 6.14. The van der Waals surface area contributed by atoms with Crippen molar-refractivity contribution < 1.29 is 32.3 Å². The highest BCUT2D eigenvalue weighted by atomic mass is 19.4. The maximum Gasteiger partial charge on any atom is 0.425 e. The average molecular weight is 507 g/mol. The van der Waals surface area contributed by atoms with Crippen LogP contribution in [-0.4, -0.2) is 53.5 Å². The molecule has 1 saturated heterocycles. The van der Waals surface area contributed by atoms with E-state index in [1.807, 2.05) is 26.1 Å². The van der Waals surface area contributed by atoms with Crippen LogP contribution in [-0.2, 0) is 19.7 Å². The molecule has 0 aromatic heterocycles. The Balaban J connectivity index is 1.79. The summed E-state index contributed by atoms with van der Waals surface area (Å²) >= 11 is 0. The summed E-state index contributed by atoms with van der Waals surface area (Å²) in [5.74, 6) is -3.18. The zero-order valence-electron chi connectivity index (χ0n) is 21.3. The Hall–Kier alpha value is -2.68. The molecule has 2 heterocycles. The maximum atomic E-state index is 14.9. The molecule has 196 valence electrons. The second-order valence-electron chi connectivity index (χ2n) is 11.8. The molecule has 2 atom stereocenters. The van der Waals surface area contributed by atoms with Crippen molar-refractivity contribution in [2.45, 2.75) is 83.5 Å². The van der Waals surface area contributed by atoms with E-state index in [0.717, 1.165) is 16.9 Å². The van der Waals surface area contributed by atoms with Crippen LogP contribution in [0.4, 0.5) is 13.2 Å². The number of amides is 2. The number of ether oxygens (including phenoxy) is 1. The fourth-order valence-electron chi connectivity index (χ4n) is 5.38. The smallest absolute Gasteiger partial charge is 0.376 e. The number of benzene rings is 1. The Bertz CT molecular complexity index is 1110. The number of Topliss-reactive ketones (excluding diaryl/α,β-unsaturated/α-hetero) is 1. The summed E-state index contributed by atoms with van der Waals surface area (Å²) in [6, 6.07) is 6.22. The molecule has 9 heteroatoms. The molecular weight excluding hydrogens is 473 g/mol. The van der Waals surface area contributed by atoms with Crippen LogP contribution < -0.4 is 5.32 Å². The molecule has 0 saturated carbocycles. The molecule has 1 aromatic carbocycles. The number of carbonyl (C=O) groups excluding carboxylic acids is 3. The lowest BCUT2D eigenvalue weighted by atomic mass is 9.72. The van der Waals surface area contributed by atoms with Crippen molar-refractivity contribution >= 4 is 17.6 Å². The van der Waals surface area contributed by atoms with Crippen LogP contribution in [0.15, 0.2) is 35.5 Å². The monoisotopic (exact) mass is 506 g/mol. The van der Waals surface area contributed by atoms with Crippen LogP contribution >= 0.6 is 0 Å². The van der Waals surface area contributed by atoms with Crippen LogP contribution in [0.5, 0.6) is 0 Å². The van der Waals surface area contributed by atoms with Crippen LogP contribution in [0.25, 0.3) is 0 Å². The van der Waals surface area contributed by atoms with Gasteiger partial charge in [0.2, 0.25) is 5.54 Å². The molecular formula is C27H33F3N2O4. The molecule has 4 rings (SSSR count). The Kier molecular flexibility index (Phi) is 6.39. The molecule has 1 aromatic rings. The van der Waals surface area contributed by atoms with Crippen LogP contribution in [0.1, 0.15) is 76.2 Å². The minimum atomic E-state index is -5.23. The van der Waals surface area contributed by atoms with Crippen molar-refractivity contribution in [3.05, 3.63) is 46.7 Å². The topological polar surface area (TPSA) is 75.7 Å². The summed E-state index contributed by atoms with van der Waals surface area (Å²) in [4.78, 5) is 41.1. The summed E-state index contributed by atoms with van der Waals surface area (Å²) < 4.78 is 50.3. The van der Waals surface area contributed by atoms with E-state index < -0.39 is 46.4 Å². The third-order valence-electron chi connectivity index (χ3n) is 7.27. The number of rotatable bonds is 4. The van der Waals surface area contributed by atoms with Gasteiger partial charge in [-0.15, -0.1) is 0 Å². The number of carbonyl (C=O) groups is 3. The van der Waals surface area contributed by atoms with Gasteiger partial charge in [0, 0.05) is 24.3 Å². The number of nitrogens with one attached hydrogen (secondary N) is 1. The number of alkyl halides is 3. The number of hydrogen-bond acceptors (Lipinski definition) is 4.